The Balaban J connectivity index is 1.90. The molecule has 2 rings (SSSR count). The van der Waals surface area contributed by atoms with Crippen LogP contribution in [0.4, 0.5) is 0 Å². The Morgan fingerprint density at radius 3 is 2.83 bits per heavy atom. The number of nitrogens with zero attached hydrogens (tertiary/aromatic N) is 1. The maximum atomic E-state index is 12.3. The minimum atomic E-state index is -0.331. The zero-order valence-electron chi connectivity index (χ0n) is 11.3. The summed E-state index contributed by atoms with van der Waals surface area (Å²) in [6, 6.07) is 0. The normalized spacial score (nSPS) is 28.2. The quantitative estimate of drug-likeness (QED) is 0.747. The van der Waals surface area contributed by atoms with Gasteiger partial charge in [-0.15, -0.1) is 0 Å². The summed E-state index contributed by atoms with van der Waals surface area (Å²) in [6.07, 6.45) is 3.98. The van der Waals surface area contributed by atoms with Gasteiger partial charge in [0.25, 0.3) is 5.91 Å². The van der Waals surface area contributed by atoms with E-state index in [-0.39, 0.29) is 17.6 Å². The molecule has 3 N–H and O–H groups in total. The fraction of sp³-hybridized carbons (Fsp3) is 0.923. The van der Waals surface area contributed by atoms with Crippen LogP contribution in [0.25, 0.3) is 0 Å². The molecule has 0 aromatic rings. The van der Waals surface area contributed by atoms with E-state index in [2.05, 4.69) is 17.1 Å². The van der Waals surface area contributed by atoms with Crippen LogP contribution in [0.2, 0.25) is 0 Å². The van der Waals surface area contributed by atoms with E-state index in [4.69, 9.17) is 10.5 Å². The molecule has 1 aliphatic carbocycles. The van der Waals surface area contributed by atoms with Gasteiger partial charge in [0, 0.05) is 19.6 Å². The number of ether oxygens (including phenoxy) is 1. The van der Waals surface area contributed by atoms with Gasteiger partial charge < -0.3 is 15.8 Å². The Labute approximate surface area is 109 Å². The first-order chi connectivity index (χ1) is 8.69. The van der Waals surface area contributed by atoms with E-state index < -0.39 is 0 Å². The zero-order valence-corrected chi connectivity index (χ0v) is 11.3. The van der Waals surface area contributed by atoms with Crippen molar-refractivity contribution in [2.75, 3.05) is 32.8 Å². The topological polar surface area (TPSA) is 67.6 Å². The van der Waals surface area contributed by atoms with Crippen molar-refractivity contribution >= 4 is 5.91 Å². The summed E-state index contributed by atoms with van der Waals surface area (Å²) in [5, 5.41) is 3.14. The Hall–Kier alpha value is -0.650. The van der Waals surface area contributed by atoms with Gasteiger partial charge in [0.2, 0.25) is 0 Å². The standard InChI is InChI=1S/C13H25N3O2/c1-2-16-7-8-18-11(9-16)12(17)15-13(10-14)5-3-4-6-13/h11H,2-10,14H2,1H3,(H,15,17). The second-order valence-electron chi connectivity index (χ2n) is 5.43. The molecular formula is C13H25N3O2. The summed E-state index contributed by atoms with van der Waals surface area (Å²) in [7, 11) is 0. The van der Waals surface area contributed by atoms with Crippen molar-refractivity contribution in [3.05, 3.63) is 0 Å². The molecule has 0 bridgehead atoms. The van der Waals surface area contributed by atoms with E-state index in [1.807, 2.05) is 0 Å². The van der Waals surface area contributed by atoms with Crippen LogP contribution >= 0.6 is 0 Å². The Kier molecular flexibility index (Phi) is 4.59. The molecule has 18 heavy (non-hydrogen) atoms. The number of nitrogens with two attached hydrogens (primary N) is 1. The van der Waals surface area contributed by atoms with Crippen LogP contribution in [0, 0.1) is 0 Å². The highest BCUT2D eigenvalue weighted by Gasteiger charge is 2.36. The van der Waals surface area contributed by atoms with E-state index in [0.29, 0.717) is 19.7 Å². The third-order valence-electron chi connectivity index (χ3n) is 4.23. The molecule has 5 nitrogen and oxygen atoms in total. The molecule has 1 saturated carbocycles. The lowest BCUT2D eigenvalue weighted by Crippen LogP contribution is -2.58. The second kappa shape index (κ2) is 5.99. The third-order valence-corrected chi connectivity index (χ3v) is 4.23. The van der Waals surface area contributed by atoms with Crippen LogP contribution in [0.3, 0.4) is 0 Å². The van der Waals surface area contributed by atoms with Crippen molar-refractivity contribution in [2.24, 2.45) is 5.73 Å². The minimum Gasteiger partial charge on any atom is -0.366 e. The first kappa shape index (κ1) is 13.8. The molecule has 5 heteroatoms. The van der Waals surface area contributed by atoms with E-state index >= 15 is 0 Å². The number of carbonyl (C=O) groups is 1. The lowest BCUT2D eigenvalue weighted by molar-refractivity contribution is -0.140. The van der Waals surface area contributed by atoms with Crippen LogP contribution < -0.4 is 11.1 Å². The zero-order chi connectivity index (χ0) is 13.0. The summed E-state index contributed by atoms with van der Waals surface area (Å²) in [5.41, 5.74) is 5.66. The van der Waals surface area contributed by atoms with Gasteiger partial charge >= 0.3 is 0 Å². The average Bonchev–Trinajstić information content (AvgIpc) is 2.88. The molecule has 1 unspecified atom stereocenters. The van der Waals surface area contributed by atoms with E-state index in [0.717, 1.165) is 38.8 Å². The lowest BCUT2D eigenvalue weighted by Gasteiger charge is -2.35. The molecule has 1 atom stereocenters. The van der Waals surface area contributed by atoms with Gasteiger partial charge in [-0.25, -0.2) is 0 Å². The molecule has 0 spiro atoms. The number of amides is 1. The van der Waals surface area contributed by atoms with Crippen molar-refractivity contribution in [3.8, 4) is 0 Å². The molecule has 0 aromatic heterocycles. The average molecular weight is 255 g/mol. The monoisotopic (exact) mass is 255 g/mol. The fourth-order valence-corrected chi connectivity index (χ4v) is 2.92. The molecule has 1 amide bonds. The first-order valence-electron chi connectivity index (χ1n) is 7.05. The van der Waals surface area contributed by atoms with Gasteiger partial charge in [-0.1, -0.05) is 19.8 Å². The number of likely N-dealkylation sites (N-methyl/N-ethyl adjacent to an activating group) is 1. The lowest BCUT2D eigenvalue weighted by atomic mass is 9.97. The van der Waals surface area contributed by atoms with Crippen LogP contribution in [0.15, 0.2) is 0 Å². The SMILES string of the molecule is CCN1CCOC(C(=O)NC2(CN)CCCC2)C1. The first-order valence-corrected chi connectivity index (χ1v) is 7.05. The predicted molar refractivity (Wildman–Crippen MR) is 70.3 cm³/mol. The predicted octanol–water partition coefficient (Wildman–Crippen LogP) is 0.0948. The number of hydrogen-bond acceptors (Lipinski definition) is 4. The van der Waals surface area contributed by atoms with Gasteiger partial charge in [-0.3, -0.25) is 9.69 Å². The highest BCUT2D eigenvalue weighted by molar-refractivity contribution is 5.82. The molecule has 1 heterocycles. The van der Waals surface area contributed by atoms with Crippen molar-refractivity contribution in [2.45, 2.75) is 44.2 Å². The summed E-state index contributed by atoms with van der Waals surface area (Å²) in [4.78, 5) is 14.5. The maximum absolute atomic E-state index is 12.3. The molecule has 1 saturated heterocycles. The smallest absolute Gasteiger partial charge is 0.250 e. The van der Waals surface area contributed by atoms with Crippen molar-refractivity contribution in [3.63, 3.8) is 0 Å². The highest BCUT2D eigenvalue weighted by atomic mass is 16.5. The summed E-state index contributed by atoms with van der Waals surface area (Å²) >= 11 is 0. The number of carbonyl (C=O) groups excluding carboxylic acids is 1. The van der Waals surface area contributed by atoms with Crippen molar-refractivity contribution in [1.82, 2.24) is 10.2 Å². The second-order valence-corrected chi connectivity index (χ2v) is 5.43. The van der Waals surface area contributed by atoms with E-state index in [1.54, 1.807) is 0 Å². The number of hydrogen-bond donors (Lipinski definition) is 2. The number of morpholine rings is 1. The van der Waals surface area contributed by atoms with Crippen LogP contribution in [0.5, 0.6) is 0 Å². The Morgan fingerprint density at radius 2 is 2.22 bits per heavy atom. The van der Waals surface area contributed by atoms with Crippen LogP contribution in [-0.2, 0) is 9.53 Å². The van der Waals surface area contributed by atoms with Crippen molar-refractivity contribution < 1.29 is 9.53 Å². The summed E-state index contributed by atoms with van der Waals surface area (Å²) in [6.45, 7) is 5.86. The summed E-state index contributed by atoms with van der Waals surface area (Å²) < 4.78 is 5.58. The molecule has 0 aromatic carbocycles. The molecule has 1 aliphatic heterocycles. The molecular weight excluding hydrogens is 230 g/mol. The van der Waals surface area contributed by atoms with Crippen LogP contribution in [-0.4, -0.2) is 55.2 Å². The van der Waals surface area contributed by atoms with Gasteiger partial charge in [0.15, 0.2) is 0 Å². The Morgan fingerprint density at radius 1 is 1.50 bits per heavy atom. The van der Waals surface area contributed by atoms with Gasteiger partial charge in [-0.05, 0) is 19.4 Å². The highest BCUT2D eigenvalue weighted by Crippen LogP contribution is 2.28. The van der Waals surface area contributed by atoms with E-state index in [9.17, 15) is 4.79 Å². The molecule has 104 valence electrons. The fourth-order valence-electron chi connectivity index (χ4n) is 2.92. The largest absolute Gasteiger partial charge is 0.366 e. The van der Waals surface area contributed by atoms with Gasteiger partial charge in [0.05, 0.1) is 12.1 Å². The molecule has 0 radical (unpaired) electrons. The summed E-state index contributed by atoms with van der Waals surface area (Å²) in [5.74, 6) is 0.0144. The third kappa shape index (κ3) is 3.02. The number of nitrogens with one attached hydrogen (secondary N) is 1. The van der Waals surface area contributed by atoms with Crippen molar-refractivity contribution in [1.29, 1.82) is 0 Å². The van der Waals surface area contributed by atoms with E-state index in [1.165, 1.54) is 0 Å². The number of rotatable bonds is 4. The molecule has 2 aliphatic rings. The van der Waals surface area contributed by atoms with Gasteiger partial charge in [0.1, 0.15) is 6.10 Å². The maximum Gasteiger partial charge on any atom is 0.250 e. The van der Waals surface area contributed by atoms with Gasteiger partial charge in [-0.2, -0.15) is 0 Å². The van der Waals surface area contributed by atoms with Crippen LogP contribution in [0.1, 0.15) is 32.6 Å². The molecule has 2 fully saturated rings. The minimum absolute atomic E-state index is 0.0144. The Bertz CT molecular complexity index is 290.